The van der Waals surface area contributed by atoms with Crippen LogP contribution >= 0.6 is 11.8 Å². The third kappa shape index (κ3) is 4.45. The minimum Gasteiger partial charge on any atom is -0.396 e. The van der Waals surface area contributed by atoms with Crippen LogP contribution in [-0.4, -0.2) is 23.6 Å². The highest BCUT2D eigenvalue weighted by Gasteiger charge is 2.38. The van der Waals surface area contributed by atoms with Crippen molar-refractivity contribution in [3.05, 3.63) is 30.3 Å². The third-order valence-electron chi connectivity index (χ3n) is 2.13. The van der Waals surface area contributed by atoms with E-state index in [1.165, 1.54) is 0 Å². The van der Waals surface area contributed by atoms with Gasteiger partial charge in [0.25, 0.3) is 0 Å². The predicted octanol–water partition coefficient (Wildman–Crippen LogP) is 3.34. The van der Waals surface area contributed by atoms with Gasteiger partial charge in [-0.05, 0) is 18.6 Å². The summed E-state index contributed by atoms with van der Waals surface area (Å²) in [6, 6.07) is 8.95. The molecule has 1 N–H and O–H groups in total. The molecule has 1 unspecified atom stereocenters. The molecule has 0 radical (unpaired) electrons. The molecule has 16 heavy (non-hydrogen) atoms. The fourth-order valence-electron chi connectivity index (χ4n) is 1.21. The summed E-state index contributed by atoms with van der Waals surface area (Å²) in [5.41, 5.74) is 0. The molecular formula is C11H13F3OS. The lowest BCUT2D eigenvalue weighted by Gasteiger charge is -2.18. The van der Waals surface area contributed by atoms with Crippen LogP contribution < -0.4 is 0 Å². The van der Waals surface area contributed by atoms with Crippen molar-refractivity contribution in [2.24, 2.45) is 5.92 Å². The zero-order chi connectivity index (χ0) is 12.0. The molecule has 0 aliphatic heterocycles. The average Bonchev–Trinajstić information content (AvgIpc) is 2.24. The van der Waals surface area contributed by atoms with Gasteiger partial charge in [-0.15, -0.1) is 11.8 Å². The van der Waals surface area contributed by atoms with E-state index in [-0.39, 0.29) is 12.2 Å². The predicted molar refractivity (Wildman–Crippen MR) is 58.4 cm³/mol. The van der Waals surface area contributed by atoms with E-state index in [2.05, 4.69) is 0 Å². The molecule has 0 saturated carbocycles. The lowest BCUT2D eigenvalue weighted by atomic mass is 10.1. The van der Waals surface area contributed by atoms with E-state index >= 15 is 0 Å². The first-order valence-corrected chi connectivity index (χ1v) is 5.88. The average molecular weight is 250 g/mol. The van der Waals surface area contributed by atoms with Crippen LogP contribution in [0.5, 0.6) is 0 Å². The van der Waals surface area contributed by atoms with Gasteiger partial charge in [0.2, 0.25) is 0 Å². The molecule has 0 aliphatic carbocycles. The summed E-state index contributed by atoms with van der Waals surface area (Å²) in [6.45, 7) is -0.431. The molecular weight excluding hydrogens is 237 g/mol. The van der Waals surface area contributed by atoms with E-state index in [0.29, 0.717) is 0 Å². The summed E-state index contributed by atoms with van der Waals surface area (Å²) in [6.07, 6.45) is -4.46. The first-order valence-electron chi connectivity index (χ1n) is 4.89. The summed E-state index contributed by atoms with van der Waals surface area (Å²) in [5, 5.41) is 8.59. The van der Waals surface area contributed by atoms with E-state index in [1.807, 2.05) is 6.07 Å². The number of alkyl halides is 3. The number of halogens is 3. The molecule has 0 saturated heterocycles. The fourth-order valence-corrected chi connectivity index (χ4v) is 2.31. The first-order chi connectivity index (χ1) is 7.54. The van der Waals surface area contributed by atoms with Gasteiger partial charge in [0, 0.05) is 17.3 Å². The maximum absolute atomic E-state index is 12.5. The second-order valence-electron chi connectivity index (χ2n) is 3.37. The van der Waals surface area contributed by atoms with Crippen molar-refractivity contribution in [2.45, 2.75) is 17.5 Å². The van der Waals surface area contributed by atoms with Gasteiger partial charge >= 0.3 is 6.18 Å². The number of hydrogen-bond donors (Lipinski definition) is 1. The van der Waals surface area contributed by atoms with Gasteiger partial charge in [-0.25, -0.2) is 0 Å². The van der Waals surface area contributed by atoms with Gasteiger partial charge in [-0.2, -0.15) is 13.2 Å². The Bertz CT molecular complexity index is 300. The number of aliphatic hydroxyl groups is 1. The summed E-state index contributed by atoms with van der Waals surface area (Å²) < 4.78 is 37.5. The van der Waals surface area contributed by atoms with Crippen LogP contribution in [0, 0.1) is 5.92 Å². The molecule has 0 fully saturated rings. The summed E-state index contributed by atoms with van der Waals surface area (Å²) >= 11 is 1.16. The number of rotatable bonds is 5. The largest absolute Gasteiger partial charge is 0.396 e. The van der Waals surface area contributed by atoms with Gasteiger partial charge in [-0.1, -0.05) is 18.2 Å². The Hall–Kier alpha value is -0.680. The summed E-state index contributed by atoms with van der Waals surface area (Å²) in [5.74, 6) is -1.49. The maximum Gasteiger partial charge on any atom is 0.392 e. The van der Waals surface area contributed by atoms with Crippen LogP contribution in [0.4, 0.5) is 13.2 Å². The molecule has 90 valence electrons. The second-order valence-corrected chi connectivity index (χ2v) is 4.47. The molecule has 1 aromatic carbocycles. The van der Waals surface area contributed by atoms with E-state index < -0.39 is 18.7 Å². The second kappa shape index (κ2) is 6.15. The Kier molecular flexibility index (Phi) is 5.15. The Balaban J connectivity index is 2.51. The van der Waals surface area contributed by atoms with Gasteiger partial charge in [-0.3, -0.25) is 0 Å². The number of thioether (sulfide) groups is 1. The smallest absolute Gasteiger partial charge is 0.392 e. The lowest BCUT2D eigenvalue weighted by molar-refractivity contribution is -0.171. The van der Waals surface area contributed by atoms with Crippen molar-refractivity contribution in [1.29, 1.82) is 0 Å². The molecule has 0 aromatic heterocycles. The topological polar surface area (TPSA) is 20.2 Å². The quantitative estimate of drug-likeness (QED) is 0.809. The van der Waals surface area contributed by atoms with Gasteiger partial charge in [0.1, 0.15) is 0 Å². The van der Waals surface area contributed by atoms with E-state index in [9.17, 15) is 13.2 Å². The monoisotopic (exact) mass is 250 g/mol. The van der Waals surface area contributed by atoms with Gasteiger partial charge < -0.3 is 5.11 Å². The third-order valence-corrected chi connectivity index (χ3v) is 3.31. The van der Waals surface area contributed by atoms with Crippen LogP contribution in [-0.2, 0) is 0 Å². The van der Waals surface area contributed by atoms with E-state index in [4.69, 9.17) is 5.11 Å². The Morgan fingerprint density at radius 1 is 1.19 bits per heavy atom. The number of hydrogen-bond acceptors (Lipinski definition) is 2. The zero-order valence-corrected chi connectivity index (χ0v) is 9.39. The molecule has 1 atom stereocenters. The van der Waals surface area contributed by atoms with Gasteiger partial charge in [0.05, 0.1) is 5.92 Å². The van der Waals surface area contributed by atoms with Crippen LogP contribution in [0.1, 0.15) is 6.42 Å². The molecule has 0 spiro atoms. The molecule has 0 aliphatic rings. The van der Waals surface area contributed by atoms with Gasteiger partial charge in [0.15, 0.2) is 0 Å². The Labute approximate surface area is 96.7 Å². The normalized spacial score (nSPS) is 13.8. The molecule has 0 bridgehead atoms. The molecule has 0 amide bonds. The summed E-state index contributed by atoms with van der Waals surface area (Å²) in [4.78, 5) is 0.815. The van der Waals surface area contributed by atoms with Crippen LogP contribution in [0.3, 0.4) is 0 Å². The molecule has 1 nitrogen and oxygen atoms in total. The standard InChI is InChI=1S/C11H13F3OS/c12-11(13,14)9(6-7-15)8-16-10-4-2-1-3-5-10/h1-5,9,15H,6-8H2. The minimum absolute atomic E-state index is 0.0475. The fraction of sp³-hybridized carbons (Fsp3) is 0.455. The van der Waals surface area contributed by atoms with Crippen molar-refractivity contribution >= 4 is 11.8 Å². The van der Waals surface area contributed by atoms with E-state index in [0.717, 1.165) is 16.7 Å². The highest BCUT2D eigenvalue weighted by Crippen LogP contribution is 2.33. The molecule has 0 heterocycles. The van der Waals surface area contributed by atoms with Crippen molar-refractivity contribution < 1.29 is 18.3 Å². The van der Waals surface area contributed by atoms with Crippen molar-refractivity contribution in [3.63, 3.8) is 0 Å². The van der Waals surface area contributed by atoms with Crippen LogP contribution in [0.25, 0.3) is 0 Å². The Morgan fingerprint density at radius 2 is 1.81 bits per heavy atom. The van der Waals surface area contributed by atoms with Crippen LogP contribution in [0.2, 0.25) is 0 Å². The minimum atomic E-state index is -4.23. The lowest BCUT2D eigenvalue weighted by Crippen LogP contribution is -2.26. The SMILES string of the molecule is OCCC(CSc1ccccc1)C(F)(F)F. The Morgan fingerprint density at radius 3 is 2.31 bits per heavy atom. The highest BCUT2D eigenvalue weighted by molar-refractivity contribution is 7.99. The molecule has 1 rings (SSSR count). The van der Waals surface area contributed by atoms with Crippen molar-refractivity contribution in [2.75, 3.05) is 12.4 Å². The molecule has 5 heteroatoms. The van der Waals surface area contributed by atoms with Crippen molar-refractivity contribution in [1.82, 2.24) is 0 Å². The zero-order valence-electron chi connectivity index (χ0n) is 8.57. The number of aliphatic hydroxyl groups excluding tert-OH is 1. The van der Waals surface area contributed by atoms with E-state index in [1.54, 1.807) is 24.3 Å². The first kappa shape index (κ1) is 13.4. The molecule has 1 aromatic rings. The highest BCUT2D eigenvalue weighted by atomic mass is 32.2. The maximum atomic E-state index is 12.5. The van der Waals surface area contributed by atoms with Crippen molar-refractivity contribution in [3.8, 4) is 0 Å². The summed E-state index contributed by atoms with van der Waals surface area (Å²) in [7, 11) is 0. The number of benzene rings is 1. The van der Waals surface area contributed by atoms with Crippen LogP contribution in [0.15, 0.2) is 35.2 Å².